The van der Waals surface area contributed by atoms with Crippen LogP contribution in [0.4, 0.5) is 11.4 Å². The van der Waals surface area contributed by atoms with Crippen molar-refractivity contribution in [1.29, 1.82) is 0 Å². The fourth-order valence-corrected chi connectivity index (χ4v) is 4.01. The highest BCUT2D eigenvalue weighted by Crippen LogP contribution is 2.36. The van der Waals surface area contributed by atoms with Crippen LogP contribution < -0.4 is 10.6 Å². The van der Waals surface area contributed by atoms with E-state index in [-0.39, 0.29) is 12.3 Å². The van der Waals surface area contributed by atoms with Crippen LogP contribution in [0.3, 0.4) is 0 Å². The molecule has 146 valence electrons. The first-order valence-electron chi connectivity index (χ1n) is 8.98. The van der Waals surface area contributed by atoms with E-state index in [0.29, 0.717) is 5.69 Å². The lowest BCUT2D eigenvalue weighted by molar-refractivity contribution is -0.153. The molecule has 0 unspecified atom stereocenters. The van der Waals surface area contributed by atoms with Crippen LogP contribution >= 0.6 is 11.8 Å². The van der Waals surface area contributed by atoms with Crippen LogP contribution in [0.1, 0.15) is 24.5 Å². The molecule has 0 spiro atoms. The normalized spacial score (nSPS) is 16.5. The number of carbonyl (C=O) groups is 3. The van der Waals surface area contributed by atoms with Crippen LogP contribution in [0, 0.1) is 13.8 Å². The maximum Gasteiger partial charge on any atom is 0.308 e. The smallest absolute Gasteiger partial charge is 0.308 e. The maximum absolute atomic E-state index is 12.4. The van der Waals surface area contributed by atoms with Gasteiger partial charge in [-0.3, -0.25) is 14.4 Å². The number of esters is 1. The number of thioether (sulfide) groups is 1. The van der Waals surface area contributed by atoms with Crippen LogP contribution in [0.15, 0.2) is 47.4 Å². The minimum Gasteiger partial charge on any atom is -0.452 e. The predicted octanol–water partition coefficient (Wildman–Crippen LogP) is 3.68. The van der Waals surface area contributed by atoms with Gasteiger partial charge in [0.2, 0.25) is 5.91 Å². The first-order valence-corrected chi connectivity index (χ1v) is 9.86. The largest absolute Gasteiger partial charge is 0.452 e. The van der Waals surface area contributed by atoms with Crippen molar-refractivity contribution in [3.05, 3.63) is 53.6 Å². The second-order valence-corrected chi connectivity index (χ2v) is 7.93. The molecular weight excluding hydrogens is 376 g/mol. The molecule has 3 rings (SSSR count). The summed E-state index contributed by atoms with van der Waals surface area (Å²) in [5, 5.41) is 5.01. The van der Waals surface area contributed by atoms with Crippen molar-refractivity contribution in [3.8, 4) is 0 Å². The molecule has 0 radical (unpaired) electrons. The SMILES string of the molecule is Cc1cccc(C)c1NC(=O)[C@H](C)OC(=O)C[C@@H]1Sc2ccccc2NC1=O. The summed E-state index contributed by atoms with van der Waals surface area (Å²) in [7, 11) is 0. The summed E-state index contributed by atoms with van der Waals surface area (Å²) in [5.41, 5.74) is 3.32. The number of para-hydroxylation sites is 2. The number of anilines is 2. The van der Waals surface area contributed by atoms with Crippen molar-refractivity contribution >= 4 is 40.9 Å². The van der Waals surface area contributed by atoms with E-state index in [0.717, 1.165) is 21.7 Å². The Labute approximate surface area is 168 Å². The average molecular weight is 398 g/mol. The molecule has 2 atom stereocenters. The van der Waals surface area contributed by atoms with Crippen molar-refractivity contribution in [3.63, 3.8) is 0 Å². The Morgan fingerprint density at radius 2 is 1.82 bits per heavy atom. The maximum atomic E-state index is 12.4. The van der Waals surface area contributed by atoms with E-state index in [1.54, 1.807) is 0 Å². The molecule has 0 aliphatic carbocycles. The zero-order chi connectivity index (χ0) is 20.3. The minimum atomic E-state index is -0.963. The lowest BCUT2D eigenvalue weighted by Gasteiger charge is -2.23. The van der Waals surface area contributed by atoms with E-state index in [1.165, 1.54) is 18.7 Å². The van der Waals surface area contributed by atoms with Crippen LogP contribution in [-0.2, 0) is 19.1 Å². The van der Waals surface area contributed by atoms with Crippen molar-refractivity contribution < 1.29 is 19.1 Å². The van der Waals surface area contributed by atoms with E-state index in [1.807, 2.05) is 56.3 Å². The van der Waals surface area contributed by atoms with Crippen molar-refractivity contribution in [1.82, 2.24) is 0 Å². The summed E-state index contributed by atoms with van der Waals surface area (Å²) in [6.07, 6.45) is -1.07. The van der Waals surface area contributed by atoms with Gasteiger partial charge in [-0.1, -0.05) is 30.3 Å². The second kappa shape index (κ2) is 8.48. The third-order valence-corrected chi connectivity index (χ3v) is 5.74. The summed E-state index contributed by atoms with van der Waals surface area (Å²) >= 11 is 1.32. The quantitative estimate of drug-likeness (QED) is 0.751. The number of aryl methyl sites for hydroxylation is 2. The van der Waals surface area contributed by atoms with Gasteiger partial charge in [-0.15, -0.1) is 11.8 Å². The number of benzene rings is 2. The van der Waals surface area contributed by atoms with Crippen molar-refractivity contribution in [2.45, 2.75) is 43.4 Å². The second-order valence-electron chi connectivity index (χ2n) is 6.68. The number of carbonyl (C=O) groups excluding carboxylic acids is 3. The summed E-state index contributed by atoms with van der Waals surface area (Å²) in [4.78, 5) is 37.8. The van der Waals surface area contributed by atoms with Gasteiger partial charge in [0.25, 0.3) is 5.91 Å². The molecule has 7 heteroatoms. The van der Waals surface area contributed by atoms with E-state index < -0.39 is 23.2 Å². The predicted molar refractivity (Wildman–Crippen MR) is 109 cm³/mol. The summed E-state index contributed by atoms with van der Waals surface area (Å²) in [5.74, 6) is -1.23. The van der Waals surface area contributed by atoms with E-state index in [9.17, 15) is 14.4 Å². The molecule has 1 aliphatic rings. The number of nitrogens with one attached hydrogen (secondary N) is 2. The van der Waals surface area contributed by atoms with Crippen LogP contribution in [0.5, 0.6) is 0 Å². The highest BCUT2D eigenvalue weighted by molar-refractivity contribution is 8.01. The highest BCUT2D eigenvalue weighted by Gasteiger charge is 2.30. The molecule has 2 amide bonds. The summed E-state index contributed by atoms with van der Waals surface area (Å²) in [6, 6.07) is 13.1. The highest BCUT2D eigenvalue weighted by atomic mass is 32.2. The number of hydrogen-bond donors (Lipinski definition) is 2. The standard InChI is InChI=1S/C21H22N2O4S/c1-12-7-6-8-13(2)19(12)23-20(25)14(3)27-18(24)11-17-21(26)22-15-9-4-5-10-16(15)28-17/h4-10,14,17H,11H2,1-3H3,(H,22,26)(H,23,25)/t14-,17-/m0/s1. The van der Waals surface area contributed by atoms with Gasteiger partial charge < -0.3 is 15.4 Å². The Morgan fingerprint density at radius 1 is 1.14 bits per heavy atom. The van der Waals surface area contributed by atoms with Gasteiger partial charge in [-0.25, -0.2) is 0 Å². The number of fused-ring (bicyclic) bond motifs is 1. The summed E-state index contributed by atoms with van der Waals surface area (Å²) < 4.78 is 5.26. The molecule has 2 aromatic rings. The number of hydrogen-bond acceptors (Lipinski definition) is 5. The lowest BCUT2D eigenvalue weighted by Crippen LogP contribution is -2.34. The van der Waals surface area contributed by atoms with E-state index in [4.69, 9.17) is 4.74 Å². The Morgan fingerprint density at radius 3 is 2.54 bits per heavy atom. The van der Waals surface area contributed by atoms with Gasteiger partial charge in [0, 0.05) is 10.6 Å². The molecule has 1 heterocycles. The van der Waals surface area contributed by atoms with Gasteiger partial charge in [0.1, 0.15) is 0 Å². The molecule has 0 aromatic heterocycles. The molecule has 0 saturated carbocycles. The molecule has 0 bridgehead atoms. The topological polar surface area (TPSA) is 84.5 Å². The average Bonchev–Trinajstić information content (AvgIpc) is 2.65. The third-order valence-electron chi connectivity index (χ3n) is 4.47. The third kappa shape index (κ3) is 4.54. The summed E-state index contributed by atoms with van der Waals surface area (Å²) in [6.45, 7) is 5.32. The van der Waals surface area contributed by atoms with Crippen molar-refractivity contribution in [2.75, 3.05) is 10.6 Å². The van der Waals surface area contributed by atoms with Crippen LogP contribution in [0.25, 0.3) is 0 Å². The number of ether oxygens (including phenoxy) is 1. The fraction of sp³-hybridized carbons (Fsp3) is 0.286. The first kappa shape index (κ1) is 19.9. The molecule has 0 saturated heterocycles. The number of amides is 2. The van der Waals surface area contributed by atoms with Gasteiger partial charge in [0.15, 0.2) is 6.10 Å². The molecule has 1 aliphatic heterocycles. The molecule has 0 fully saturated rings. The van der Waals surface area contributed by atoms with E-state index >= 15 is 0 Å². The Hall–Kier alpha value is -2.80. The van der Waals surface area contributed by atoms with E-state index in [2.05, 4.69) is 10.6 Å². The molecule has 28 heavy (non-hydrogen) atoms. The zero-order valence-electron chi connectivity index (χ0n) is 15.9. The van der Waals surface area contributed by atoms with Crippen LogP contribution in [-0.4, -0.2) is 29.1 Å². The monoisotopic (exact) mass is 398 g/mol. The van der Waals surface area contributed by atoms with Crippen LogP contribution in [0.2, 0.25) is 0 Å². The number of rotatable bonds is 5. The van der Waals surface area contributed by atoms with Gasteiger partial charge >= 0.3 is 5.97 Å². The fourth-order valence-electron chi connectivity index (χ4n) is 2.91. The Balaban J connectivity index is 1.57. The zero-order valence-corrected chi connectivity index (χ0v) is 16.8. The van der Waals surface area contributed by atoms with Crippen molar-refractivity contribution in [2.24, 2.45) is 0 Å². The molecule has 2 N–H and O–H groups in total. The first-order chi connectivity index (χ1) is 13.3. The Bertz CT molecular complexity index is 908. The van der Waals surface area contributed by atoms with Gasteiger partial charge in [-0.05, 0) is 44.0 Å². The Kier molecular flexibility index (Phi) is 6.04. The van der Waals surface area contributed by atoms with Gasteiger partial charge in [-0.2, -0.15) is 0 Å². The molecular formula is C21H22N2O4S. The minimum absolute atomic E-state index is 0.105. The van der Waals surface area contributed by atoms with Gasteiger partial charge in [0.05, 0.1) is 17.4 Å². The molecule has 6 nitrogen and oxygen atoms in total. The lowest BCUT2D eigenvalue weighted by atomic mass is 10.1. The molecule has 2 aromatic carbocycles.